The second-order valence-electron chi connectivity index (χ2n) is 2.40. The molecular weight excluding hydrogens is 201 g/mol. The van der Waals surface area contributed by atoms with Crippen molar-refractivity contribution >= 4 is 24.0 Å². The average molecular weight is 204 g/mol. The van der Waals surface area contributed by atoms with E-state index in [-0.39, 0.29) is 5.56 Å². The highest BCUT2D eigenvalue weighted by atomic mass is 35.5. The molecule has 1 aromatic rings. The van der Waals surface area contributed by atoms with Gasteiger partial charge < -0.3 is 12.9 Å². The Morgan fingerprint density at radius 2 is 1.92 bits per heavy atom. The zero-order valence-electron chi connectivity index (χ0n) is 6.27. The number of nitrogens with zero attached hydrogens (tertiary/aromatic N) is 1. The van der Waals surface area contributed by atoms with Crippen LogP contribution in [-0.4, -0.2) is 6.98 Å². The molecule has 0 aliphatic heterocycles. The zero-order valence-corrected chi connectivity index (χ0v) is 7.02. The molecule has 13 heavy (non-hydrogen) atoms. The van der Waals surface area contributed by atoms with Crippen molar-refractivity contribution < 1.29 is 12.9 Å². The normalized spacial score (nSPS) is 11.0. The first-order valence-electron chi connectivity index (χ1n) is 3.35. The van der Waals surface area contributed by atoms with E-state index in [0.29, 0.717) is 0 Å². The van der Waals surface area contributed by atoms with Gasteiger partial charge in [0.15, 0.2) is 0 Å². The van der Waals surface area contributed by atoms with Crippen LogP contribution in [-0.2, 0) is 0 Å². The highest BCUT2D eigenvalue weighted by Crippen LogP contribution is 2.19. The number of hydrogen-bond acceptors (Lipinski definition) is 1. The summed E-state index contributed by atoms with van der Waals surface area (Å²) in [7, 11) is 0. The van der Waals surface area contributed by atoms with Gasteiger partial charge in [-0.2, -0.15) is 5.26 Å². The molecular formula is C7H3BClF3N-. The number of nitriles is 1. The summed E-state index contributed by atoms with van der Waals surface area (Å²) < 4.78 is 36.7. The van der Waals surface area contributed by atoms with Crippen molar-refractivity contribution in [2.24, 2.45) is 0 Å². The van der Waals surface area contributed by atoms with Crippen LogP contribution in [0.15, 0.2) is 18.2 Å². The van der Waals surface area contributed by atoms with Gasteiger partial charge in [0, 0.05) is 5.02 Å². The van der Waals surface area contributed by atoms with Crippen LogP contribution in [0.2, 0.25) is 5.02 Å². The Labute approximate surface area is 77.8 Å². The molecule has 0 aliphatic carbocycles. The van der Waals surface area contributed by atoms with Gasteiger partial charge in [-0.15, -0.1) is 0 Å². The molecule has 1 rings (SSSR count). The van der Waals surface area contributed by atoms with Crippen molar-refractivity contribution in [2.45, 2.75) is 0 Å². The lowest BCUT2D eigenvalue weighted by atomic mass is 9.79. The van der Waals surface area contributed by atoms with Crippen LogP contribution in [0, 0.1) is 11.3 Å². The Kier molecular flexibility index (Phi) is 2.53. The molecule has 0 bridgehead atoms. The van der Waals surface area contributed by atoms with E-state index in [2.05, 4.69) is 0 Å². The highest BCUT2D eigenvalue weighted by molar-refractivity contribution is 6.76. The van der Waals surface area contributed by atoms with Crippen LogP contribution in [0.5, 0.6) is 0 Å². The highest BCUT2D eigenvalue weighted by Gasteiger charge is 2.28. The standard InChI is InChI=1S/C7H3BClF3N/c9-7-5(4-13)2-1-3-6(7)8(10,11)12/h1-3H/q-1. The summed E-state index contributed by atoms with van der Waals surface area (Å²) in [6.07, 6.45) is 0. The van der Waals surface area contributed by atoms with Crippen molar-refractivity contribution in [3.8, 4) is 6.07 Å². The minimum atomic E-state index is -5.14. The molecule has 0 spiro atoms. The van der Waals surface area contributed by atoms with Crippen LogP contribution in [0.3, 0.4) is 0 Å². The van der Waals surface area contributed by atoms with Gasteiger partial charge in [0.25, 0.3) is 0 Å². The second-order valence-corrected chi connectivity index (χ2v) is 2.77. The number of halogens is 4. The van der Waals surface area contributed by atoms with Gasteiger partial charge in [0.05, 0.1) is 5.56 Å². The van der Waals surface area contributed by atoms with Crippen LogP contribution >= 0.6 is 11.6 Å². The van der Waals surface area contributed by atoms with E-state index in [0.717, 1.165) is 12.1 Å². The summed E-state index contributed by atoms with van der Waals surface area (Å²) >= 11 is 5.37. The predicted octanol–water partition coefficient (Wildman–Crippen LogP) is 2.27. The summed E-state index contributed by atoms with van der Waals surface area (Å²) in [4.78, 5) is 0. The van der Waals surface area contributed by atoms with Gasteiger partial charge in [0.2, 0.25) is 0 Å². The summed E-state index contributed by atoms with van der Waals surface area (Å²) in [5.41, 5.74) is -1.07. The quantitative estimate of drug-likeness (QED) is 0.644. The number of rotatable bonds is 1. The molecule has 0 aromatic heterocycles. The Bertz CT molecular complexity index is 369. The maximum atomic E-state index is 12.2. The molecule has 0 radical (unpaired) electrons. The molecule has 0 aliphatic rings. The SMILES string of the molecule is N#Cc1cccc([B-](F)(F)F)c1Cl. The summed E-state index contributed by atoms with van der Waals surface area (Å²) in [5, 5.41) is 7.90. The Balaban J connectivity index is 3.34. The zero-order chi connectivity index (χ0) is 10.1. The third-order valence-corrected chi connectivity index (χ3v) is 1.92. The molecule has 0 atom stereocenters. The maximum absolute atomic E-state index is 12.2. The van der Waals surface area contributed by atoms with Crippen molar-refractivity contribution in [1.29, 1.82) is 5.26 Å². The van der Waals surface area contributed by atoms with Crippen LogP contribution < -0.4 is 5.46 Å². The first kappa shape index (κ1) is 9.94. The third kappa shape index (κ3) is 1.96. The topological polar surface area (TPSA) is 23.8 Å². The fourth-order valence-electron chi connectivity index (χ4n) is 0.889. The van der Waals surface area contributed by atoms with Crippen molar-refractivity contribution in [3.63, 3.8) is 0 Å². The van der Waals surface area contributed by atoms with E-state index in [9.17, 15) is 12.9 Å². The first-order valence-corrected chi connectivity index (χ1v) is 3.73. The lowest BCUT2D eigenvalue weighted by molar-refractivity contribution is 0.501. The minimum absolute atomic E-state index is 0.154. The molecule has 0 saturated carbocycles. The lowest BCUT2D eigenvalue weighted by Gasteiger charge is -2.16. The summed E-state index contributed by atoms with van der Waals surface area (Å²) in [6, 6.07) is 4.86. The summed E-state index contributed by atoms with van der Waals surface area (Å²) in [5.74, 6) is 0. The largest absolute Gasteiger partial charge is 0.511 e. The second kappa shape index (κ2) is 3.31. The van der Waals surface area contributed by atoms with Gasteiger partial charge in [-0.3, -0.25) is 0 Å². The van der Waals surface area contributed by atoms with Crippen LogP contribution in [0.1, 0.15) is 5.56 Å². The maximum Gasteiger partial charge on any atom is 0.511 e. The molecule has 0 heterocycles. The molecule has 1 nitrogen and oxygen atoms in total. The number of hydrogen-bond donors (Lipinski definition) is 0. The van der Waals surface area contributed by atoms with E-state index in [4.69, 9.17) is 16.9 Å². The fourth-order valence-corrected chi connectivity index (χ4v) is 1.18. The fraction of sp³-hybridized carbons (Fsp3) is 0. The van der Waals surface area contributed by atoms with E-state index < -0.39 is 17.5 Å². The van der Waals surface area contributed by atoms with E-state index in [1.165, 1.54) is 6.07 Å². The van der Waals surface area contributed by atoms with Gasteiger partial charge in [0.1, 0.15) is 6.07 Å². The monoisotopic (exact) mass is 204 g/mol. The van der Waals surface area contributed by atoms with E-state index >= 15 is 0 Å². The van der Waals surface area contributed by atoms with Gasteiger partial charge in [-0.1, -0.05) is 29.2 Å². The smallest absolute Gasteiger partial charge is 0.445 e. The first-order chi connectivity index (χ1) is 5.96. The molecule has 6 heteroatoms. The Morgan fingerprint density at radius 1 is 1.31 bits per heavy atom. The number of benzene rings is 1. The van der Waals surface area contributed by atoms with Crippen LogP contribution in [0.25, 0.3) is 0 Å². The average Bonchev–Trinajstić information content (AvgIpc) is 2.02. The Morgan fingerprint density at radius 3 is 2.38 bits per heavy atom. The van der Waals surface area contributed by atoms with Gasteiger partial charge >= 0.3 is 6.98 Å². The predicted molar refractivity (Wildman–Crippen MR) is 44.9 cm³/mol. The third-order valence-electron chi connectivity index (χ3n) is 1.50. The van der Waals surface area contributed by atoms with Crippen molar-refractivity contribution in [3.05, 3.63) is 28.8 Å². The lowest BCUT2D eigenvalue weighted by Crippen LogP contribution is -2.35. The molecule has 0 unspecified atom stereocenters. The molecule has 1 aromatic carbocycles. The van der Waals surface area contributed by atoms with E-state index in [1.807, 2.05) is 0 Å². The van der Waals surface area contributed by atoms with Gasteiger partial charge in [-0.25, -0.2) is 0 Å². The molecule has 0 amide bonds. The Hall–Kier alpha value is -1.15. The van der Waals surface area contributed by atoms with Crippen molar-refractivity contribution in [1.82, 2.24) is 0 Å². The molecule has 68 valence electrons. The minimum Gasteiger partial charge on any atom is -0.445 e. The summed E-state index contributed by atoms with van der Waals surface area (Å²) in [6.45, 7) is -5.14. The molecule has 0 N–H and O–H groups in total. The van der Waals surface area contributed by atoms with E-state index in [1.54, 1.807) is 6.07 Å². The molecule has 0 fully saturated rings. The van der Waals surface area contributed by atoms with Crippen molar-refractivity contribution in [2.75, 3.05) is 0 Å². The van der Waals surface area contributed by atoms with Crippen LogP contribution in [0.4, 0.5) is 12.9 Å². The van der Waals surface area contributed by atoms with Gasteiger partial charge in [-0.05, 0) is 6.07 Å². The molecule has 0 saturated heterocycles.